The second-order valence-electron chi connectivity index (χ2n) is 5.81. The molecule has 4 rings (SSSR count). The van der Waals surface area contributed by atoms with Gasteiger partial charge in [0.2, 0.25) is 6.79 Å². The maximum absolute atomic E-state index is 5.53. The van der Waals surface area contributed by atoms with Gasteiger partial charge in [0, 0.05) is 37.4 Å². The molecule has 6 heteroatoms. The summed E-state index contributed by atoms with van der Waals surface area (Å²) in [5, 5.41) is 0. The molecule has 0 aliphatic carbocycles. The van der Waals surface area contributed by atoms with Gasteiger partial charge in [-0.1, -0.05) is 6.07 Å². The topological polar surface area (TPSA) is 58.4 Å². The van der Waals surface area contributed by atoms with E-state index in [1.165, 1.54) is 5.56 Å². The maximum Gasteiger partial charge on any atom is 0.231 e. The van der Waals surface area contributed by atoms with E-state index in [9.17, 15) is 0 Å². The van der Waals surface area contributed by atoms with Gasteiger partial charge in [-0.25, -0.2) is 4.98 Å². The third kappa shape index (κ3) is 3.15. The summed E-state index contributed by atoms with van der Waals surface area (Å²) in [6, 6.07) is 7.85. The van der Waals surface area contributed by atoms with Gasteiger partial charge in [-0.15, -0.1) is 0 Å². The summed E-state index contributed by atoms with van der Waals surface area (Å²) in [6.07, 6.45) is 9.48. The van der Waals surface area contributed by atoms with Crippen LogP contribution in [0.2, 0.25) is 0 Å². The smallest absolute Gasteiger partial charge is 0.231 e. The lowest BCUT2D eigenvalue weighted by Gasteiger charge is -2.12. The van der Waals surface area contributed by atoms with Crippen molar-refractivity contribution in [3.63, 3.8) is 0 Å². The lowest BCUT2D eigenvalue weighted by Crippen LogP contribution is -2.02. The highest BCUT2D eigenvalue weighted by atomic mass is 16.7. The molecule has 3 heterocycles. The number of fused-ring (bicyclic) bond motifs is 1. The minimum Gasteiger partial charge on any atom is -0.496 e. The first-order chi connectivity index (χ1) is 12.3. The Labute approximate surface area is 146 Å². The number of methoxy groups -OCH3 is 1. The molecule has 0 unspecified atom stereocenters. The van der Waals surface area contributed by atoms with Crippen molar-refractivity contribution in [1.29, 1.82) is 0 Å². The van der Waals surface area contributed by atoms with Crippen LogP contribution in [-0.4, -0.2) is 28.4 Å². The summed E-state index contributed by atoms with van der Waals surface area (Å²) in [7, 11) is 1.65. The first-order valence-electron chi connectivity index (χ1n) is 8.23. The molecule has 3 aromatic rings. The van der Waals surface area contributed by atoms with Crippen LogP contribution in [0.5, 0.6) is 17.2 Å². The number of nitrogens with zero attached hydrogens (tertiary/aromatic N) is 3. The van der Waals surface area contributed by atoms with Gasteiger partial charge in [0.15, 0.2) is 11.5 Å². The molecule has 0 spiro atoms. The fourth-order valence-corrected chi connectivity index (χ4v) is 3.00. The first kappa shape index (κ1) is 15.5. The summed E-state index contributed by atoms with van der Waals surface area (Å²) in [6.45, 7) is 1.10. The largest absolute Gasteiger partial charge is 0.496 e. The Bertz CT molecular complexity index is 862. The molecule has 0 saturated carbocycles. The van der Waals surface area contributed by atoms with Crippen LogP contribution in [0.4, 0.5) is 0 Å². The van der Waals surface area contributed by atoms with Gasteiger partial charge in [-0.2, -0.15) is 0 Å². The second kappa shape index (κ2) is 6.84. The molecule has 0 saturated heterocycles. The molecule has 1 aliphatic heterocycles. The molecular weight excluding hydrogens is 318 g/mol. The molecule has 0 atom stereocenters. The van der Waals surface area contributed by atoms with Gasteiger partial charge >= 0.3 is 0 Å². The quantitative estimate of drug-likeness (QED) is 0.691. The van der Waals surface area contributed by atoms with Crippen molar-refractivity contribution >= 4 is 0 Å². The molecule has 128 valence electrons. The summed E-state index contributed by atoms with van der Waals surface area (Å²) in [4.78, 5) is 8.68. The Kier molecular flexibility index (Phi) is 4.24. The number of ether oxygens (including phenoxy) is 3. The van der Waals surface area contributed by atoms with E-state index in [0.717, 1.165) is 42.3 Å². The van der Waals surface area contributed by atoms with Gasteiger partial charge in [0.1, 0.15) is 11.6 Å². The zero-order chi connectivity index (χ0) is 17.1. The summed E-state index contributed by atoms with van der Waals surface area (Å²) >= 11 is 0. The minimum atomic E-state index is 0.238. The highest BCUT2D eigenvalue weighted by Gasteiger charge is 2.20. The standard InChI is InChI=1S/C19H19N3O3/c1-23-16-11-18-17(24-13-25-18)10-15(16)19-21-7-9-22(19)8-3-5-14-4-2-6-20-12-14/h2,4,6-7,9-12H,3,5,8,13H2,1H3. The normalized spacial score (nSPS) is 12.4. The van der Waals surface area contributed by atoms with Crippen molar-refractivity contribution < 1.29 is 14.2 Å². The molecule has 0 N–H and O–H groups in total. The van der Waals surface area contributed by atoms with Crippen molar-refractivity contribution in [2.45, 2.75) is 19.4 Å². The Morgan fingerprint density at radius 2 is 2.08 bits per heavy atom. The zero-order valence-electron chi connectivity index (χ0n) is 14.0. The lowest BCUT2D eigenvalue weighted by atomic mass is 10.1. The average Bonchev–Trinajstić information content (AvgIpc) is 3.30. The monoisotopic (exact) mass is 337 g/mol. The Morgan fingerprint density at radius 3 is 2.88 bits per heavy atom. The maximum atomic E-state index is 5.53. The SMILES string of the molecule is COc1cc2c(cc1-c1nccn1CCCc1cccnc1)OCO2. The highest BCUT2D eigenvalue weighted by Crippen LogP contribution is 2.42. The zero-order valence-corrected chi connectivity index (χ0v) is 14.0. The average molecular weight is 337 g/mol. The van der Waals surface area contributed by atoms with E-state index >= 15 is 0 Å². The number of imidazole rings is 1. The third-order valence-electron chi connectivity index (χ3n) is 4.24. The van der Waals surface area contributed by atoms with Gasteiger partial charge in [-0.05, 0) is 30.5 Å². The molecule has 1 aliphatic rings. The van der Waals surface area contributed by atoms with E-state index in [2.05, 4.69) is 20.6 Å². The van der Waals surface area contributed by atoms with Gasteiger partial charge in [0.05, 0.1) is 12.7 Å². The molecule has 0 radical (unpaired) electrons. The summed E-state index contributed by atoms with van der Waals surface area (Å²) < 4.78 is 18.6. The van der Waals surface area contributed by atoms with Crippen LogP contribution in [0.1, 0.15) is 12.0 Å². The molecule has 1 aromatic carbocycles. The predicted molar refractivity (Wildman–Crippen MR) is 92.9 cm³/mol. The number of hydrogen-bond donors (Lipinski definition) is 0. The Hall–Kier alpha value is -3.02. The first-order valence-corrected chi connectivity index (χ1v) is 8.23. The molecule has 0 fully saturated rings. The van der Waals surface area contributed by atoms with E-state index in [1.54, 1.807) is 13.3 Å². The van der Waals surface area contributed by atoms with Gasteiger partial charge < -0.3 is 18.8 Å². The molecule has 2 aromatic heterocycles. The third-order valence-corrected chi connectivity index (χ3v) is 4.24. The van der Waals surface area contributed by atoms with Gasteiger partial charge in [-0.3, -0.25) is 4.98 Å². The van der Waals surface area contributed by atoms with E-state index in [0.29, 0.717) is 5.75 Å². The van der Waals surface area contributed by atoms with Crippen LogP contribution >= 0.6 is 0 Å². The van der Waals surface area contributed by atoms with Crippen LogP contribution in [0.15, 0.2) is 49.1 Å². The van der Waals surface area contributed by atoms with Crippen molar-refractivity contribution in [2.24, 2.45) is 0 Å². The van der Waals surface area contributed by atoms with Crippen LogP contribution in [0.25, 0.3) is 11.4 Å². The van der Waals surface area contributed by atoms with Gasteiger partial charge in [0.25, 0.3) is 0 Å². The van der Waals surface area contributed by atoms with E-state index in [4.69, 9.17) is 14.2 Å². The fraction of sp³-hybridized carbons (Fsp3) is 0.263. The minimum absolute atomic E-state index is 0.238. The van der Waals surface area contributed by atoms with Crippen molar-refractivity contribution in [3.05, 3.63) is 54.6 Å². The van der Waals surface area contributed by atoms with Crippen molar-refractivity contribution in [3.8, 4) is 28.6 Å². The fourth-order valence-electron chi connectivity index (χ4n) is 3.00. The van der Waals surface area contributed by atoms with Crippen LogP contribution in [-0.2, 0) is 13.0 Å². The van der Waals surface area contributed by atoms with Crippen LogP contribution < -0.4 is 14.2 Å². The molecule has 0 bridgehead atoms. The van der Waals surface area contributed by atoms with E-state index in [1.807, 2.05) is 36.8 Å². The predicted octanol–water partition coefficient (Wildman–Crippen LogP) is 3.32. The summed E-state index contributed by atoms with van der Waals surface area (Å²) in [5.41, 5.74) is 2.14. The highest BCUT2D eigenvalue weighted by molar-refractivity contribution is 5.70. The summed E-state index contributed by atoms with van der Waals surface area (Å²) in [5.74, 6) is 3.02. The molecule has 0 amide bonds. The van der Waals surface area contributed by atoms with E-state index < -0.39 is 0 Å². The van der Waals surface area contributed by atoms with Crippen molar-refractivity contribution in [1.82, 2.24) is 14.5 Å². The number of aromatic nitrogens is 3. The Balaban J connectivity index is 1.55. The van der Waals surface area contributed by atoms with Crippen LogP contribution in [0, 0.1) is 0 Å². The van der Waals surface area contributed by atoms with Crippen molar-refractivity contribution in [2.75, 3.05) is 13.9 Å². The van der Waals surface area contributed by atoms with E-state index in [-0.39, 0.29) is 6.79 Å². The number of benzene rings is 1. The second-order valence-corrected chi connectivity index (χ2v) is 5.81. The molecular formula is C19H19N3O3. The number of aryl methyl sites for hydroxylation is 2. The molecule has 25 heavy (non-hydrogen) atoms. The van der Waals surface area contributed by atoms with Crippen LogP contribution in [0.3, 0.4) is 0 Å². The Morgan fingerprint density at radius 1 is 1.20 bits per heavy atom. The number of hydrogen-bond acceptors (Lipinski definition) is 5. The number of pyridine rings is 1. The molecule has 6 nitrogen and oxygen atoms in total. The number of rotatable bonds is 6. The lowest BCUT2D eigenvalue weighted by molar-refractivity contribution is 0.174.